The predicted octanol–water partition coefficient (Wildman–Crippen LogP) is -0.0718. The monoisotopic (exact) mass is 276 g/mol. The van der Waals surface area contributed by atoms with Gasteiger partial charge in [-0.15, -0.1) is 0 Å². The summed E-state index contributed by atoms with van der Waals surface area (Å²) in [5.74, 6) is -0.117. The van der Waals surface area contributed by atoms with Gasteiger partial charge in [0.05, 0.1) is 30.6 Å². The van der Waals surface area contributed by atoms with E-state index in [-0.39, 0.29) is 11.9 Å². The van der Waals surface area contributed by atoms with Gasteiger partial charge in [-0.05, 0) is 19.1 Å². The van der Waals surface area contributed by atoms with Gasteiger partial charge in [0.15, 0.2) is 0 Å². The summed E-state index contributed by atoms with van der Waals surface area (Å²) in [6, 6.07) is 3.94. The van der Waals surface area contributed by atoms with Gasteiger partial charge in [0.2, 0.25) is 0 Å². The van der Waals surface area contributed by atoms with Crippen molar-refractivity contribution < 1.29 is 9.53 Å². The highest BCUT2D eigenvalue weighted by molar-refractivity contribution is 5.92. The number of amides is 1. The number of piperazine rings is 1. The molecule has 0 atom stereocenters. The second kappa shape index (κ2) is 5.76. The summed E-state index contributed by atoms with van der Waals surface area (Å²) in [7, 11) is 0. The third kappa shape index (κ3) is 2.76. The van der Waals surface area contributed by atoms with Crippen molar-refractivity contribution in [3.8, 4) is 0 Å². The standard InChI is InChI=1S/C14H20N4O2/c1-10-13(18-6-4-15-5-7-18)3-2-12(16-10)14(19)17-11-8-20-9-11/h2-3,11,15H,4-9H2,1H3,(H,17,19). The highest BCUT2D eigenvalue weighted by Crippen LogP contribution is 2.19. The Hall–Kier alpha value is -1.66. The predicted molar refractivity (Wildman–Crippen MR) is 76.1 cm³/mol. The zero-order valence-corrected chi connectivity index (χ0v) is 11.7. The quantitative estimate of drug-likeness (QED) is 0.809. The lowest BCUT2D eigenvalue weighted by atomic mass is 10.2. The maximum absolute atomic E-state index is 12.0. The molecule has 0 unspecified atom stereocenters. The van der Waals surface area contributed by atoms with Crippen LogP contribution in [0.2, 0.25) is 0 Å². The van der Waals surface area contributed by atoms with E-state index in [1.54, 1.807) is 6.07 Å². The minimum atomic E-state index is -0.117. The van der Waals surface area contributed by atoms with Gasteiger partial charge < -0.3 is 20.3 Å². The van der Waals surface area contributed by atoms with Crippen LogP contribution in [0, 0.1) is 6.92 Å². The van der Waals surface area contributed by atoms with E-state index in [1.807, 2.05) is 13.0 Å². The molecule has 6 nitrogen and oxygen atoms in total. The molecule has 1 aromatic heterocycles. The number of nitrogens with zero attached hydrogens (tertiary/aromatic N) is 2. The van der Waals surface area contributed by atoms with E-state index in [0.29, 0.717) is 18.9 Å². The Kier molecular flexibility index (Phi) is 3.84. The smallest absolute Gasteiger partial charge is 0.270 e. The van der Waals surface area contributed by atoms with Crippen LogP contribution in [0.3, 0.4) is 0 Å². The molecule has 2 saturated heterocycles. The number of carbonyl (C=O) groups excluding carboxylic acids is 1. The van der Waals surface area contributed by atoms with Crippen molar-refractivity contribution in [2.75, 3.05) is 44.3 Å². The molecule has 20 heavy (non-hydrogen) atoms. The number of pyridine rings is 1. The second-order valence-corrected chi connectivity index (χ2v) is 5.25. The summed E-state index contributed by atoms with van der Waals surface area (Å²) in [5.41, 5.74) is 2.51. The van der Waals surface area contributed by atoms with Crippen LogP contribution in [0.25, 0.3) is 0 Å². The van der Waals surface area contributed by atoms with Crippen molar-refractivity contribution in [3.63, 3.8) is 0 Å². The molecule has 0 aliphatic carbocycles. The Morgan fingerprint density at radius 3 is 2.75 bits per heavy atom. The highest BCUT2D eigenvalue weighted by Gasteiger charge is 2.22. The van der Waals surface area contributed by atoms with Crippen LogP contribution in [-0.4, -0.2) is 56.3 Å². The first kappa shape index (κ1) is 13.3. The zero-order chi connectivity index (χ0) is 13.9. The molecular formula is C14H20N4O2. The van der Waals surface area contributed by atoms with Crippen molar-refractivity contribution in [1.82, 2.24) is 15.6 Å². The van der Waals surface area contributed by atoms with Gasteiger partial charge in [-0.25, -0.2) is 4.98 Å². The molecule has 3 rings (SSSR count). The van der Waals surface area contributed by atoms with Gasteiger partial charge in [0, 0.05) is 26.2 Å². The molecule has 0 bridgehead atoms. The number of ether oxygens (including phenoxy) is 1. The van der Waals surface area contributed by atoms with Gasteiger partial charge in [-0.2, -0.15) is 0 Å². The van der Waals surface area contributed by atoms with E-state index in [1.165, 1.54) is 0 Å². The van der Waals surface area contributed by atoms with Crippen molar-refractivity contribution in [2.24, 2.45) is 0 Å². The van der Waals surface area contributed by atoms with E-state index >= 15 is 0 Å². The summed E-state index contributed by atoms with van der Waals surface area (Å²) >= 11 is 0. The van der Waals surface area contributed by atoms with E-state index in [0.717, 1.165) is 37.6 Å². The summed E-state index contributed by atoms with van der Waals surface area (Å²) in [6.07, 6.45) is 0. The zero-order valence-electron chi connectivity index (χ0n) is 11.7. The number of aryl methyl sites for hydroxylation is 1. The van der Waals surface area contributed by atoms with Crippen LogP contribution in [0.5, 0.6) is 0 Å². The first-order valence-corrected chi connectivity index (χ1v) is 7.06. The lowest BCUT2D eigenvalue weighted by molar-refractivity contribution is -0.00355. The van der Waals surface area contributed by atoms with Crippen molar-refractivity contribution >= 4 is 11.6 Å². The minimum Gasteiger partial charge on any atom is -0.377 e. The summed E-state index contributed by atoms with van der Waals surface area (Å²) in [5, 5.41) is 6.24. The van der Waals surface area contributed by atoms with Gasteiger partial charge in [-0.1, -0.05) is 0 Å². The molecule has 3 heterocycles. The summed E-state index contributed by atoms with van der Waals surface area (Å²) in [6.45, 7) is 7.10. The Labute approximate surface area is 118 Å². The topological polar surface area (TPSA) is 66.5 Å². The highest BCUT2D eigenvalue weighted by atomic mass is 16.5. The van der Waals surface area contributed by atoms with Crippen molar-refractivity contribution in [2.45, 2.75) is 13.0 Å². The van der Waals surface area contributed by atoms with Gasteiger partial charge in [0.1, 0.15) is 5.69 Å². The number of nitrogens with one attached hydrogen (secondary N) is 2. The third-order valence-electron chi connectivity index (χ3n) is 3.72. The molecule has 2 aliphatic rings. The van der Waals surface area contributed by atoms with Crippen LogP contribution < -0.4 is 15.5 Å². The van der Waals surface area contributed by atoms with Gasteiger partial charge in [-0.3, -0.25) is 4.79 Å². The maximum Gasteiger partial charge on any atom is 0.270 e. The molecule has 0 saturated carbocycles. The fourth-order valence-corrected chi connectivity index (χ4v) is 2.50. The normalized spacial score (nSPS) is 19.6. The first-order chi connectivity index (χ1) is 9.74. The fraction of sp³-hybridized carbons (Fsp3) is 0.571. The fourth-order valence-electron chi connectivity index (χ4n) is 2.50. The molecule has 0 radical (unpaired) electrons. The lowest BCUT2D eigenvalue weighted by Gasteiger charge is -2.30. The molecule has 1 amide bonds. The number of hydrogen-bond donors (Lipinski definition) is 2. The second-order valence-electron chi connectivity index (χ2n) is 5.25. The average molecular weight is 276 g/mol. The molecule has 108 valence electrons. The largest absolute Gasteiger partial charge is 0.377 e. The minimum absolute atomic E-state index is 0.117. The van der Waals surface area contributed by atoms with Crippen LogP contribution in [0.1, 0.15) is 16.2 Å². The van der Waals surface area contributed by atoms with Crippen LogP contribution >= 0.6 is 0 Å². The van der Waals surface area contributed by atoms with Gasteiger partial charge in [0.25, 0.3) is 5.91 Å². The first-order valence-electron chi connectivity index (χ1n) is 7.06. The average Bonchev–Trinajstić information content (AvgIpc) is 2.43. The Morgan fingerprint density at radius 1 is 1.40 bits per heavy atom. The van der Waals surface area contributed by atoms with Crippen LogP contribution in [-0.2, 0) is 4.74 Å². The third-order valence-corrected chi connectivity index (χ3v) is 3.72. The number of aromatic nitrogens is 1. The molecule has 1 aromatic rings. The van der Waals surface area contributed by atoms with E-state index < -0.39 is 0 Å². The molecule has 6 heteroatoms. The molecule has 2 N–H and O–H groups in total. The summed E-state index contributed by atoms with van der Waals surface area (Å²) < 4.78 is 5.05. The number of hydrogen-bond acceptors (Lipinski definition) is 5. The molecule has 2 aliphatic heterocycles. The maximum atomic E-state index is 12.0. The van der Waals surface area contributed by atoms with E-state index in [4.69, 9.17) is 4.74 Å². The number of anilines is 1. The SMILES string of the molecule is Cc1nc(C(=O)NC2COC2)ccc1N1CCNCC1. The molecule has 0 aromatic carbocycles. The Balaban J connectivity index is 1.70. The van der Waals surface area contributed by atoms with E-state index in [2.05, 4.69) is 20.5 Å². The van der Waals surface area contributed by atoms with Crippen LogP contribution in [0.15, 0.2) is 12.1 Å². The number of rotatable bonds is 3. The van der Waals surface area contributed by atoms with Crippen molar-refractivity contribution in [3.05, 3.63) is 23.5 Å². The van der Waals surface area contributed by atoms with E-state index in [9.17, 15) is 4.79 Å². The van der Waals surface area contributed by atoms with Crippen LogP contribution in [0.4, 0.5) is 5.69 Å². The van der Waals surface area contributed by atoms with Crippen molar-refractivity contribution in [1.29, 1.82) is 0 Å². The Morgan fingerprint density at radius 2 is 2.15 bits per heavy atom. The summed E-state index contributed by atoms with van der Waals surface area (Å²) in [4.78, 5) is 18.8. The molecule has 2 fully saturated rings. The lowest BCUT2D eigenvalue weighted by Crippen LogP contribution is -2.48. The molecular weight excluding hydrogens is 256 g/mol. The van der Waals surface area contributed by atoms with Gasteiger partial charge >= 0.3 is 0 Å². The molecule has 0 spiro atoms. The number of carbonyl (C=O) groups is 1. The Bertz CT molecular complexity index is 496.